The normalized spacial score (nSPS) is 8.64. The number of thiophene rings is 1. The highest BCUT2D eigenvalue weighted by atomic mass is 32.1. The van der Waals surface area contributed by atoms with Gasteiger partial charge in [0.25, 0.3) is 0 Å². The van der Waals surface area contributed by atoms with E-state index in [-0.39, 0.29) is 5.06 Å². The van der Waals surface area contributed by atoms with Crippen molar-refractivity contribution in [2.24, 2.45) is 0 Å². The topological polar surface area (TPSA) is 26.3 Å². The van der Waals surface area contributed by atoms with Gasteiger partial charge in [0.1, 0.15) is 6.79 Å². The van der Waals surface area contributed by atoms with Crippen LogP contribution in [0.15, 0.2) is 17.5 Å². The fraction of sp³-hybridized carbons (Fsp3) is 0.167. The Morgan fingerprint density at radius 2 is 2.18 bits per heavy atom. The molecular weight excluding hydrogens is 174 g/mol. The van der Waals surface area contributed by atoms with Crippen LogP contribution in [0.1, 0.15) is 0 Å². The van der Waals surface area contributed by atoms with E-state index in [1.807, 2.05) is 6.79 Å². The molecule has 0 aliphatic rings. The standard InChI is InChI=1S/C5H4F2OS.CH2O/c6-5(7)8-4-2-1-3-9-4;1-2/h1-3,5H;1H2. The molecule has 0 aromatic carbocycles. The number of hydrogen-bond acceptors (Lipinski definition) is 3. The minimum atomic E-state index is -2.70. The van der Waals surface area contributed by atoms with Crippen molar-refractivity contribution < 1.29 is 18.3 Å². The molecule has 0 unspecified atom stereocenters. The molecule has 0 atom stereocenters. The van der Waals surface area contributed by atoms with Crippen LogP contribution < -0.4 is 4.74 Å². The summed E-state index contributed by atoms with van der Waals surface area (Å²) in [6.07, 6.45) is 0. The first kappa shape index (κ1) is 10.0. The van der Waals surface area contributed by atoms with Gasteiger partial charge in [0.15, 0.2) is 5.06 Å². The lowest BCUT2D eigenvalue weighted by Gasteiger charge is -1.97. The maximum absolute atomic E-state index is 11.4. The van der Waals surface area contributed by atoms with Crippen LogP contribution in [0.4, 0.5) is 8.78 Å². The van der Waals surface area contributed by atoms with Gasteiger partial charge in [0.2, 0.25) is 0 Å². The minimum absolute atomic E-state index is 0.255. The smallest absolute Gasteiger partial charge is 0.388 e. The average Bonchev–Trinajstić information content (AvgIpc) is 2.43. The number of rotatable bonds is 2. The van der Waals surface area contributed by atoms with Gasteiger partial charge in [-0.3, -0.25) is 0 Å². The second-order valence-electron chi connectivity index (χ2n) is 1.31. The van der Waals surface area contributed by atoms with Crippen LogP contribution in [-0.2, 0) is 4.79 Å². The van der Waals surface area contributed by atoms with Crippen LogP contribution in [0.25, 0.3) is 0 Å². The van der Waals surface area contributed by atoms with Crippen molar-refractivity contribution in [3.8, 4) is 5.06 Å². The minimum Gasteiger partial charge on any atom is -0.425 e. The molecule has 0 amide bonds. The summed E-state index contributed by atoms with van der Waals surface area (Å²) in [5.41, 5.74) is 0. The zero-order valence-electron chi connectivity index (χ0n) is 5.50. The van der Waals surface area contributed by atoms with E-state index in [4.69, 9.17) is 4.79 Å². The molecule has 0 aliphatic heterocycles. The molecule has 0 fully saturated rings. The molecule has 62 valence electrons. The van der Waals surface area contributed by atoms with Gasteiger partial charge < -0.3 is 9.53 Å². The summed E-state index contributed by atoms with van der Waals surface area (Å²) in [6.45, 7) is -0.705. The Kier molecular flexibility index (Phi) is 5.28. The molecule has 1 rings (SSSR count). The maximum Gasteiger partial charge on any atom is 0.388 e. The van der Waals surface area contributed by atoms with Crippen LogP contribution in [-0.4, -0.2) is 13.4 Å². The Hall–Kier alpha value is -0.970. The molecule has 0 aliphatic carbocycles. The van der Waals surface area contributed by atoms with E-state index >= 15 is 0 Å². The predicted molar refractivity (Wildman–Crippen MR) is 38.1 cm³/mol. The zero-order valence-corrected chi connectivity index (χ0v) is 6.31. The molecule has 0 spiro atoms. The molecule has 1 heterocycles. The van der Waals surface area contributed by atoms with E-state index in [9.17, 15) is 8.78 Å². The van der Waals surface area contributed by atoms with Gasteiger partial charge in [0, 0.05) is 0 Å². The van der Waals surface area contributed by atoms with Gasteiger partial charge >= 0.3 is 6.61 Å². The Morgan fingerprint density at radius 1 is 1.55 bits per heavy atom. The third-order valence-electron chi connectivity index (χ3n) is 0.700. The van der Waals surface area contributed by atoms with Gasteiger partial charge in [-0.25, -0.2) is 0 Å². The number of carbonyl (C=O) groups excluding carboxylic acids is 1. The Bertz CT molecular complexity index is 177. The third-order valence-corrected chi connectivity index (χ3v) is 1.46. The monoisotopic (exact) mass is 180 g/mol. The maximum atomic E-state index is 11.4. The summed E-state index contributed by atoms with van der Waals surface area (Å²) in [7, 11) is 0. The molecule has 1 aromatic rings. The van der Waals surface area contributed by atoms with Crippen LogP contribution in [0.3, 0.4) is 0 Å². The molecule has 0 saturated carbocycles. The van der Waals surface area contributed by atoms with Gasteiger partial charge in [0.05, 0.1) is 0 Å². The third kappa shape index (κ3) is 4.44. The Balaban J connectivity index is 0.000000461. The van der Waals surface area contributed by atoms with Gasteiger partial charge in [-0.2, -0.15) is 8.78 Å². The first-order chi connectivity index (χ1) is 5.29. The van der Waals surface area contributed by atoms with Crippen LogP contribution in [0.5, 0.6) is 5.06 Å². The lowest BCUT2D eigenvalue weighted by Crippen LogP contribution is -1.99. The molecular formula is C6H6F2O2S. The molecule has 0 saturated heterocycles. The van der Waals surface area contributed by atoms with E-state index in [1.54, 1.807) is 11.4 Å². The molecule has 1 aromatic heterocycles. The molecule has 2 nitrogen and oxygen atoms in total. The second-order valence-corrected chi connectivity index (χ2v) is 2.22. The number of hydrogen-bond donors (Lipinski definition) is 0. The molecule has 0 bridgehead atoms. The highest BCUT2D eigenvalue weighted by Crippen LogP contribution is 2.19. The van der Waals surface area contributed by atoms with E-state index < -0.39 is 6.61 Å². The quantitative estimate of drug-likeness (QED) is 0.697. The van der Waals surface area contributed by atoms with Crippen LogP contribution in [0, 0.1) is 0 Å². The van der Waals surface area contributed by atoms with Crippen molar-refractivity contribution in [3.63, 3.8) is 0 Å². The van der Waals surface area contributed by atoms with E-state index in [1.165, 1.54) is 6.07 Å². The highest BCUT2D eigenvalue weighted by molar-refractivity contribution is 7.11. The van der Waals surface area contributed by atoms with Crippen molar-refractivity contribution in [1.29, 1.82) is 0 Å². The average molecular weight is 180 g/mol. The lowest BCUT2D eigenvalue weighted by molar-refractivity contribution is -0.0980. The number of halogens is 2. The highest BCUT2D eigenvalue weighted by Gasteiger charge is 2.02. The van der Waals surface area contributed by atoms with Crippen molar-refractivity contribution in [2.75, 3.05) is 0 Å². The summed E-state index contributed by atoms with van der Waals surface area (Å²) >= 11 is 1.15. The Morgan fingerprint density at radius 3 is 2.55 bits per heavy atom. The largest absolute Gasteiger partial charge is 0.425 e. The summed E-state index contributed by atoms with van der Waals surface area (Å²) in [5, 5.41) is 1.93. The van der Waals surface area contributed by atoms with Crippen molar-refractivity contribution in [1.82, 2.24) is 0 Å². The van der Waals surface area contributed by atoms with Crippen molar-refractivity contribution in [3.05, 3.63) is 17.5 Å². The van der Waals surface area contributed by atoms with Crippen molar-refractivity contribution >= 4 is 18.1 Å². The fourth-order valence-electron chi connectivity index (χ4n) is 0.418. The van der Waals surface area contributed by atoms with Gasteiger partial charge in [-0.15, -0.1) is 11.3 Å². The number of ether oxygens (including phenoxy) is 1. The molecule has 0 radical (unpaired) electrons. The molecule has 0 N–H and O–H groups in total. The predicted octanol–water partition coefficient (Wildman–Crippen LogP) is 2.16. The van der Waals surface area contributed by atoms with E-state index in [2.05, 4.69) is 4.74 Å². The van der Waals surface area contributed by atoms with E-state index in [0.717, 1.165) is 11.3 Å². The van der Waals surface area contributed by atoms with E-state index in [0.29, 0.717) is 0 Å². The Labute approximate surface area is 66.4 Å². The number of alkyl halides is 2. The molecule has 5 heteroatoms. The van der Waals surface area contributed by atoms with Crippen LogP contribution >= 0.6 is 11.3 Å². The van der Waals surface area contributed by atoms with Crippen LogP contribution in [0.2, 0.25) is 0 Å². The van der Waals surface area contributed by atoms with Gasteiger partial charge in [-0.1, -0.05) is 0 Å². The van der Waals surface area contributed by atoms with Crippen molar-refractivity contribution in [2.45, 2.75) is 6.61 Å². The summed E-state index contributed by atoms with van der Waals surface area (Å²) in [4.78, 5) is 8.00. The first-order valence-corrected chi connectivity index (χ1v) is 3.44. The SMILES string of the molecule is C=O.FC(F)Oc1cccs1. The first-order valence-electron chi connectivity index (χ1n) is 2.56. The zero-order chi connectivity index (χ0) is 8.69. The second kappa shape index (κ2) is 5.79. The fourth-order valence-corrected chi connectivity index (χ4v) is 0.995. The van der Waals surface area contributed by atoms with Gasteiger partial charge in [-0.05, 0) is 17.5 Å². The summed E-state index contributed by atoms with van der Waals surface area (Å²) in [5.74, 6) is 0. The molecule has 11 heavy (non-hydrogen) atoms. The summed E-state index contributed by atoms with van der Waals surface area (Å²) < 4.78 is 26.8. The lowest BCUT2D eigenvalue weighted by atomic mass is 10.7. The number of carbonyl (C=O) groups is 1. The summed E-state index contributed by atoms with van der Waals surface area (Å²) in [6, 6.07) is 3.15.